The van der Waals surface area contributed by atoms with Crippen molar-refractivity contribution in [1.29, 1.82) is 0 Å². The van der Waals surface area contributed by atoms with Crippen molar-refractivity contribution in [3.63, 3.8) is 0 Å². The zero-order chi connectivity index (χ0) is 15.0. The van der Waals surface area contributed by atoms with E-state index in [0.29, 0.717) is 4.96 Å². The Balaban J connectivity index is 1.98. The van der Waals surface area contributed by atoms with E-state index in [2.05, 4.69) is 9.71 Å². The van der Waals surface area contributed by atoms with E-state index >= 15 is 0 Å². The number of hydrogen-bond donors (Lipinski definition) is 2. The number of fused-ring (bicyclic) bond motifs is 1. The molecule has 0 saturated heterocycles. The van der Waals surface area contributed by atoms with Crippen molar-refractivity contribution < 1.29 is 8.42 Å². The van der Waals surface area contributed by atoms with Crippen LogP contribution in [0.25, 0.3) is 4.96 Å². The van der Waals surface area contributed by atoms with Gasteiger partial charge in [0.15, 0.2) is 15.8 Å². The van der Waals surface area contributed by atoms with E-state index < -0.39 is 10.0 Å². The summed E-state index contributed by atoms with van der Waals surface area (Å²) >= 11 is 1.33. The van der Waals surface area contributed by atoms with Crippen LogP contribution in [-0.4, -0.2) is 17.8 Å². The number of nitrogens with zero attached hydrogens (tertiary/aromatic N) is 2. The predicted octanol–water partition coefficient (Wildman–Crippen LogP) is 2.02. The van der Waals surface area contributed by atoms with Crippen LogP contribution in [0.5, 0.6) is 0 Å². The highest BCUT2D eigenvalue weighted by Crippen LogP contribution is 2.25. The topological polar surface area (TPSA) is 89.5 Å². The molecule has 1 aromatic carbocycles. The van der Waals surface area contributed by atoms with Gasteiger partial charge in [-0.25, -0.2) is 18.1 Å². The van der Waals surface area contributed by atoms with Gasteiger partial charge in [0.25, 0.3) is 10.0 Å². The van der Waals surface area contributed by atoms with Crippen molar-refractivity contribution in [3.8, 4) is 0 Å². The van der Waals surface area contributed by atoms with E-state index in [1.54, 1.807) is 18.5 Å². The number of sulfonamides is 1. The molecule has 8 heteroatoms. The third kappa shape index (κ3) is 2.53. The largest absolute Gasteiger partial charge is 0.381 e. The molecule has 0 aliphatic heterocycles. The van der Waals surface area contributed by atoms with Crippen molar-refractivity contribution >= 4 is 32.1 Å². The molecule has 2 heterocycles. The number of thiazole rings is 1. The first-order valence-corrected chi connectivity index (χ1v) is 8.63. The Morgan fingerprint density at radius 2 is 2.05 bits per heavy atom. The lowest BCUT2D eigenvalue weighted by Crippen LogP contribution is -2.28. The zero-order valence-corrected chi connectivity index (χ0v) is 12.9. The molecular formula is C13H14N4O2S2. The number of hydrogen-bond acceptors (Lipinski definition) is 5. The van der Waals surface area contributed by atoms with Gasteiger partial charge in [-0.05, 0) is 12.5 Å². The van der Waals surface area contributed by atoms with Crippen LogP contribution >= 0.6 is 11.3 Å². The minimum absolute atomic E-state index is 0.00890. The molecule has 0 amide bonds. The molecule has 2 aromatic heterocycles. The number of imidazole rings is 1. The van der Waals surface area contributed by atoms with E-state index in [-0.39, 0.29) is 16.9 Å². The second-order valence-electron chi connectivity index (χ2n) is 4.61. The minimum atomic E-state index is -3.76. The first kappa shape index (κ1) is 14.1. The van der Waals surface area contributed by atoms with Crippen molar-refractivity contribution in [2.45, 2.75) is 18.0 Å². The van der Waals surface area contributed by atoms with E-state index in [1.807, 2.05) is 30.3 Å². The molecule has 3 aromatic rings. The van der Waals surface area contributed by atoms with Gasteiger partial charge in [0.05, 0.1) is 0 Å². The van der Waals surface area contributed by atoms with Crippen LogP contribution in [0.15, 0.2) is 46.9 Å². The van der Waals surface area contributed by atoms with Crippen LogP contribution in [0.3, 0.4) is 0 Å². The number of aromatic nitrogens is 2. The smallest absolute Gasteiger partial charge is 0.260 e. The monoisotopic (exact) mass is 322 g/mol. The average Bonchev–Trinajstić information content (AvgIpc) is 2.98. The van der Waals surface area contributed by atoms with Crippen molar-refractivity contribution in [2.75, 3.05) is 5.73 Å². The third-order valence-corrected chi connectivity index (χ3v) is 5.46. The molecule has 21 heavy (non-hydrogen) atoms. The molecule has 1 unspecified atom stereocenters. The molecule has 6 nitrogen and oxygen atoms in total. The maximum atomic E-state index is 12.6. The van der Waals surface area contributed by atoms with Crippen LogP contribution in [0, 0.1) is 0 Å². The predicted molar refractivity (Wildman–Crippen MR) is 82.7 cm³/mol. The number of rotatable bonds is 4. The van der Waals surface area contributed by atoms with E-state index in [4.69, 9.17) is 5.73 Å². The molecule has 0 aliphatic rings. The van der Waals surface area contributed by atoms with Gasteiger partial charge in [0, 0.05) is 17.6 Å². The molecular weight excluding hydrogens is 308 g/mol. The first-order chi connectivity index (χ1) is 9.99. The minimum Gasteiger partial charge on any atom is -0.381 e. The Bertz CT molecular complexity index is 868. The Hall–Kier alpha value is -1.90. The highest BCUT2D eigenvalue weighted by molar-refractivity contribution is 7.89. The summed E-state index contributed by atoms with van der Waals surface area (Å²) in [5.74, 6) is 0.00890. The van der Waals surface area contributed by atoms with Crippen molar-refractivity contribution in [1.82, 2.24) is 14.1 Å². The van der Waals surface area contributed by atoms with Gasteiger partial charge in [0.2, 0.25) is 0 Å². The molecule has 110 valence electrons. The van der Waals surface area contributed by atoms with E-state index in [1.165, 1.54) is 15.7 Å². The van der Waals surface area contributed by atoms with Gasteiger partial charge in [0.1, 0.15) is 0 Å². The number of nitrogen functional groups attached to an aromatic ring is 1. The molecule has 0 aliphatic carbocycles. The summed E-state index contributed by atoms with van der Waals surface area (Å²) in [6, 6.07) is 8.99. The van der Waals surface area contributed by atoms with Gasteiger partial charge >= 0.3 is 0 Å². The summed E-state index contributed by atoms with van der Waals surface area (Å²) in [6.07, 6.45) is 1.64. The average molecular weight is 322 g/mol. The SMILES string of the molecule is CC(NS(=O)(=O)c1c(N)nc2sccn12)c1ccccc1. The Morgan fingerprint density at radius 1 is 1.33 bits per heavy atom. The lowest BCUT2D eigenvalue weighted by molar-refractivity contribution is 0.563. The Labute approximate surface area is 126 Å². The second-order valence-corrected chi connectivity index (χ2v) is 7.11. The molecule has 0 saturated carbocycles. The van der Waals surface area contributed by atoms with Gasteiger partial charge in [-0.2, -0.15) is 0 Å². The van der Waals surface area contributed by atoms with Gasteiger partial charge < -0.3 is 5.73 Å². The van der Waals surface area contributed by atoms with Crippen molar-refractivity contribution in [2.24, 2.45) is 0 Å². The lowest BCUT2D eigenvalue weighted by Gasteiger charge is -2.14. The second kappa shape index (κ2) is 5.14. The maximum absolute atomic E-state index is 12.6. The summed E-state index contributed by atoms with van der Waals surface area (Å²) in [4.78, 5) is 4.62. The van der Waals surface area contributed by atoms with Crippen LogP contribution < -0.4 is 10.5 Å². The van der Waals surface area contributed by atoms with Gasteiger partial charge in [-0.3, -0.25) is 4.40 Å². The number of nitrogens with one attached hydrogen (secondary N) is 1. The summed E-state index contributed by atoms with van der Waals surface area (Å²) in [7, 11) is -3.76. The van der Waals surface area contributed by atoms with Crippen molar-refractivity contribution in [3.05, 3.63) is 47.5 Å². The summed E-state index contributed by atoms with van der Waals surface area (Å²) in [6.45, 7) is 1.79. The highest BCUT2D eigenvalue weighted by atomic mass is 32.2. The lowest BCUT2D eigenvalue weighted by atomic mass is 10.1. The molecule has 0 fully saturated rings. The van der Waals surface area contributed by atoms with Gasteiger partial charge in [-0.1, -0.05) is 30.3 Å². The molecule has 0 radical (unpaired) electrons. The molecule has 3 N–H and O–H groups in total. The van der Waals surface area contributed by atoms with Crippen LogP contribution in [-0.2, 0) is 10.0 Å². The third-order valence-electron chi connectivity index (χ3n) is 3.13. The van der Waals surface area contributed by atoms with Crippen LogP contribution in [0.1, 0.15) is 18.5 Å². The maximum Gasteiger partial charge on any atom is 0.260 e. The number of benzene rings is 1. The zero-order valence-electron chi connectivity index (χ0n) is 11.2. The fraction of sp³-hybridized carbons (Fsp3) is 0.154. The molecule has 0 spiro atoms. The van der Waals surface area contributed by atoms with Crippen LogP contribution in [0.4, 0.5) is 5.82 Å². The van der Waals surface area contributed by atoms with Gasteiger partial charge in [-0.15, -0.1) is 11.3 Å². The standard InChI is InChI=1S/C13H14N4O2S2/c1-9(10-5-3-2-4-6-10)16-21(18,19)12-11(14)15-13-17(12)7-8-20-13/h2-9,16H,14H2,1H3. The Kier molecular flexibility index (Phi) is 3.44. The fourth-order valence-corrected chi connectivity index (χ4v) is 4.37. The molecule has 3 rings (SSSR count). The fourth-order valence-electron chi connectivity index (χ4n) is 2.15. The number of nitrogens with two attached hydrogens (primary N) is 1. The first-order valence-electron chi connectivity index (χ1n) is 6.27. The normalized spacial score (nSPS) is 13.6. The quantitative estimate of drug-likeness (QED) is 0.769. The summed E-state index contributed by atoms with van der Waals surface area (Å²) < 4.78 is 29.2. The highest BCUT2D eigenvalue weighted by Gasteiger charge is 2.26. The van der Waals surface area contributed by atoms with Crippen LogP contribution in [0.2, 0.25) is 0 Å². The summed E-state index contributed by atoms with van der Waals surface area (Å²) in [5, 5.41) is 1.75. The Morgan fingerprint density at radius 3 is 2.76 bits per heavy atom. The molecule has 0 bridgehead atoms. The van der Waals surface area contributed by atoms with E-state index in [0.717, 1.165) is 5.56 Å². The summed E-state index contributed by atoms with van der Waals surface area (Å²) in [5.41, 5.74) is 6.63. The number of anilines is 1. The van der Waals surface area contributed by atoms with E-state index in [9.17, 15) is 8.42 Å². The molecule has 1 atom stereocenters.